The van der Waals surface area contributed by atoms with E-state index in [1.165, 1.54) is 76.1 Å². The highest BCUT2D eigenvalue weighted by molar-refractivity contribution is 7.89. The molecule has 0 saturated heterocycles. The molecule has 1 amide bonds. The minimum absolute atomic E-state index is 0.00580. The van der Waals surface area contributed by atoms with E-state index < -0.39 is 37.9 Å². The van der Waals surface area contributed by atoms with E-state index in [4.69, 9.17) is 21.1 Å². The van der Waals surface area contributed by atoms with Crippen molar-refractivity contribution < 1.29 is 49.1 Å². The minimum Gasteiger partial charge on any atom is -0.481 e. The largest absolute Gasteiger partial charge is 0.481 e. The average Bonchev–Trinajstić information content (AvgIpc) is 3.68. The van der Waals surface area contributed by atoms with Crippen LogP contribution in [-0.2, 0) is 68.4 Å². The number of rotatable bonds is 11. The van der Waals surface area contributed by atoms with Gasteiger partial charge < -0.3 is 16.2 Å². The number of nitrogens with zero attached hydrogens (tertiary/aromatic N) is 4. The lowest BCUT2D eigenvalue weighted by molar-refractivity contribution is -0.136. The van der Waals surface area contributed by atoms with Crippen LogP contribution in [0.5, 0.6) is 0 Å². The summed E-state index contributed by atoms with van der Waals surface area (Å²) >= 11 is 2.87. The number of thiophene rings is 2. The van der Waals surface area contributed by atoms with Gasteiger partial charge in [-0.1, -0.05) is 24.3 Å². The zero-order chi connectivity index (χ0) is 51.1. The Labute approximate surface area is 407 Å². The third kappa shape index (κ3) is 13.3. The number of nitriles is 2. The number of alkyl halides is 4. The van der Waals surface area contributed by atoms with Crippen LogP contribution in [0.2, 0.25) is 0 Å². The zero-order valence-corrected chi connectivity index (χ0v) is 41.6. The molecule has 2 aliphatic carbocycles. The number of primary sulfonamides is 2. The predicted octanol–water partition coefficient (Wildman–Crippen LogP) is 6.98. The highest BCUT2D eigenvalue weighted by atomic mass is 32.2. The lowest BCUT2D eigenvalue weighted by Gasteiger charge is -2.46. The number of nitrogen functional groups attached to an aromatic ring is 1. The summed E-state index contributed by atoms with van der Waals surface area (Å²) in [5.41, 5.74) is 9.58. The fraction of sp³-hybridized carbons (Fsp3) is 0.478. The molecule has 2 fully saturated rings. The molecular formula is C46H54F4N8O7S4. The molecule has 15 nitrogen and oxygen atoms in total. The van der Waals surface area contributed by atoms with Gasteiger partial charge >= 0.3 is 5.97 Å². The minimum atomic E-state index is -3.81. The summed E-state index contributed by atoms with van der Waals surface area (Å²) in [5.74, 6) is -6.33. The van der Waals surface area contributed by atoms with Crippen LogP contribution in [0.3, 0.4) is 0 Å². The molecule has 8 N–H and O–H groups in total. The maximum atomic E-state index is 13.3. The van der Waals surface area contributed by atoms with E-state index >= 15 is 0 Å². The van der Waals surface area contributed by atoms with Crippen molar-refractivity contribution in [1.82, 2.24) is 9.80 Å². The van der Waals surface area contributed by atoms with Crippen LogP contribution in [-0.4, -0.2) is 79.6 Å². The Morgan fingerprint density at radius 1 is 0.710 bits per heavy atom. The third-order valence-electron chi connectivity index (χ3n) is 12.8. The molecule has 4 heterocycles. The van der Waals surface area contributed by atoms with Crippen molar-refractivity contribution >= 4 is 64.6 Å². The molecular weight excluding hydrogens is 981 g/mol. The normalized spacial score (nSPS) is 19.3. The number of fused-ring (bicyclic) bond motifs is 2. The van der Waals surface area contributed by atoms with Crippen molar-refractivity contribution in [3.8, 4) is 12.1 Å². The molecule has 2 aromatic carbocycles. The number of nitrogens with two attached hydrogens (primary N) is 3. The van der Waals surface area contributed by atoms with Gasteiger partial charge in [-0.05, 0) is 74.9 Å². The van der Waals surface area contributed by atoms with E-state index in [-0.39, 0.29) is 77.1 Å². The van der Waals surface area contributed by atoms with E-state index in [2.05, 4.69) is 54.9 Å². The van der Waals surface area contributed by atoms with Gasteiger partial charge in [0, 0.05) is 96.7 Å². The SMILES string of the molecule is CC1(C)Cc2sc(N)c(C#N)c2CN1CC1CC(F)(F)C1.CC1(C)Cc2sc(NC(=O)Cc3ccc(S(N)(=O)=O)cc3)c(C#N)c2CN1CC1CC(F)(F)C1.NS(=O)(=O)c1ccc(CC(=O)O)cc1. The fourth-order valence-corrected chi connectivity index (χ4v) is 12.7. The maximum Gasteiger partial charge on any atom is 0.307 e. The van der Waals surface area contributed by atoms with Gasteiger partial charge in [-0.3, -0.25) is 19.4 Å². The molecule has 69 heavy (non-hydrogen) atoms. The third-order valence-corrected chi connectivity index (χ3v) is 16.9. The number of carboxylic acids is 1. The topological polar surface area (TPSA) is 267 Å². The summed E-state index contributed by atoms with van der Waals surface area (Å²) in [7, 11) is -7.50. The van der Waals surface area contributed by atoms with Gasteiger partial charge in [0.2, 0.25) is 37.8 Å². The first-order chi connectivity index (χ1) is 31.9. The van der Waals surface area contributed by atoms with Gasteiger partial charge in [-0.25, -0.2) is 44.7 Å². The van der Waals surface area contributed by atoms with E-state index in [0.717, 1.165) is 22.4 Å². The van der Waals surface area contributed by atoms with Crippen LogP contribution in [0.1, 0.15) is 96.5 Å². The van der Waals surface area contributed by atoms with Crippen LogP contribution in [0.25, 0.3) is 0 Å². The molecule has 8 rings (SSSR count). The van der Waals surface area contributed by atoms with Gasteiger partial charge in [0.1, 0.15) is 22.1 Å². The first kappa shape index (κ1) is 53.4. The van der Waals surface area contributed by atoms with Crippen LogP contribution < -0.4 is 21.3 Å². The standard InChI is InChI=1S/C23H26F2N4O3S2.C15H19F2N3S.C8H9NO4S/c1-22(2)10-19-18(13-29(22)12-15-8-23(24,25)9-15)17(11-26)21(33-19)28-20(30)7-14-3-5-16(6-4-14)34(27,31)32;1-14(2)5-12-11(10(6-18)13(19)21-12)8-20(14)7-9-3-15(16,17)4-9;9-14(12,13)7-3-1-6(2-4-7)5-8(10)11/h3-6,15H,7-10,12-13H2,1-2H3,(H,28,30)(H2,27,31,32);9H,3-5,7-8,19H2,1-2H3;1-4H,5H2,(H,10,11)(H2,9,12,13). The Morgan fingerprint density at radius 2 is 1.10 bits per heavy atom. The molecule has 372 valence electrons. The number of hydrogen-bond donors (Lipinski definition) is 5. The van der Waals surface area contributed by atoms with Gasteiger partial charge in [-0.2, -0.15) is 10.5 Å². The lowest BCUT2D eigenvalue weighted by atomic mass is 9.79. The fourth-order valence-electron chi connectivity index (χ4n) is 9.01. The Bertz CT molecular complexity index is 2890. The van der Waals surface area contributed by atoms with Crippen LogP contribution in [0, 0.1) is 34.5 Å². The summed E-state index contributed by atoms with van der Waals surface area (Å²) in [6, 6.07) is 15.5. The van der Waals surface area contributed by atoms with Crippen LogP contribution in [0.15, 0.2) is 58.3 Å². The second kappa shape index (κ2) is 20.0. The molecule has 0 atom stereocenters. The van der Waals surface area contributed by atoms with Crippen molar-refractivity contribution in [3.05, 3.63) is 91.7 Å². The molecule has 2 aromatic heterocycles. The summed E-state index contributed by atoms with van der Waals surface area (Å²) < 4.78 is 97.1. The first-order valence-corrected chi connectivity index (χ1v) is 26.5. The number of carbonyl (C=O) groups excluding carboxylic acids is 1. The van der Waals surface area contributed by atoms with Crippen molar-refractivity contribution in [2.45, 2.75) is 125 Å². The second-order valence-corrected chi connectivity index (χ2v) is 24.7. The molecule has 4 aromatic rings. The number of benzene rings is 2. The van der Waals surface area contributed by atoms with Crippen molar-refractivity contribution in [2.24, 2.45) is 22.1 Å². The number of nitrogens with one attached hydrogen (secondary N) is 1. The van der Waals surface area contributed by atoms with Crippen molar-refractivity contribution in [1.29, 1.82) is 10.5 Å². The van der Waals surface area contributed by atoms with E-state index in [0.29, 0.717) is 64.9 Å². The highest BCUT2D eigenvalue weighted by Crippen LogP contribution is 2.48. The average molecular weight is 1040 g/mol. The molecule has 0 radical (unpaired) electrons. The zero-order valence-electron chi connectivity index (χ0n) is 38.3. The number of anilines is 2. The summed E-state index contributed by atoms with van der Waals surface area (Å²) in [4.78, 5) is 29.5. The quantitative estimate of drug-likeness (QED) is 0.0953. The monoisotopic (exact) mass is 1030 g/mol. The van der Waals surface area contributed by atoms with Gasteiger partial charge in [0.15, 0.2) is 0 Å². The molecule has 0 spiro atoms. The highest BCUT2D eigenvalue weighted by Gasteiger charge is 2.49. The lowest BCUT2D eigenvalue weighted by Crippen LogP contribution is -2.52. The molecule has 2 saturated carbocycles. The maximum absolute atomic E-state index is 13.3. The summed E-state index contributed by atoms with van der Waals surface area (Å²) in [6.45, 7) is 10.8. The van der Waals surface area contributed by atoms with Crippen LogP contribution in [0.4, 0.5) is 27.6 Å². The number of halogens is 4. The number of sulfonamides is 2. The Hall–Kier alpha value is -4.98. The van der Waals surface area contributed by atoms with Gasteiger partial charge in [-0.15, -0.1) is 22.7 Å². The van der Waals surface area contributed by atoms with Crippen molar-refractivity contribution in [2.75, 3.05) is 24.1 Å². The summed E-state index contributed by atoms with van der Waals surface area (Å²) in [5, 5.41) is 41.4. The number of carbonyl (C=O) groups is 2. The second-order valence-electron chi connectivity index (χ2n) is 19.3. The Morgan fingerprint density at radius 3 is 1.48 bits per heavy atom. The molecule has 2 aliphatic heterocycles. The Kier molecular flexibility index (Phi) is 15.5. The number of carboxylic acid groups (broad SMARTS) is 1. The van der Waals surface area contributed by atoms with E-state index in [1.54, 1.807) is 0 Å². The number of hydrogen-bond acceptors (Lipinski definition) is 13. The van der Waals surface area contributed by atoms with Gasteiger partial charge in [0.25, 0.3) is 0 Å². The van der Waals surface area contributed by atoms with Gasteiger partial charge in [0.05, 0.1) is 33.8 Å². The molecule has 4 aliphatic rings. The molecule has 23 heteroatoms. The van der Waals surface area contributed by atoms with Crippen LogP contribution >= 0.6 is 22.7 Å². The van der Waals surface area contributed by atoms with Crippen molar-refractivity contribution in [3.63, 3.8) is 0 Å². The van der Waals surface area contributed by atoms with E-state index in [9.17, 15) is 54.5 Å². The number of amides is 1. The predicted molar refractivity (Wildman–Crippen MR) is 254 cm³/mol. The Balaban J connectivity index is 0.000000189. The smallest absolute Gasteiger partial charge is 0.307 e. The first-order valence-electron chi connectivity index (χ1n) is 21.7. The summed E-state index contributed by atoms with van der Waals surface area (Å²) in [6.07, 6.45) is 1.14. The molecule has 0 bridgehead atoms. The molecule has 0 unspecified atom stereocenters. The number of aliphatic carboxylic acids is 1. The van der Waals surface area contributed by atoms with E-state index in [1.807, 2.05) is 0 Å².